The fourth-order valence-electron chi connectivity index (χ4n) is 1.05. The number of hydrogen-bond donors (Lipinski definition) is 0. The van der Waals surface area contributed by atoms with Crippen molar-refractivity contribution in [3.8, 4) is 0 Å². The van der Waals surface area contributed by atoms with Crippen molar-refractivity contribution in [2.45, 2.75) is 51.9 Å². The zero-order chi connectivity index (χ0) is 8.53. The summed E-state index contributed by atoms with van der Waals surface area (Å²) in [5.74, 6) is -0.916. The molecule has 0 unspecified atom stereocenters. The number of halogens is 2. The van der Waals surface area contributed by atoms with E-state index in [1.807, 2.05) is 0 Å². The smallest absolute Gasteiger partial charge is 1.00 e. The number of carbonyl (C=O) groups excluding carboxylic acids is 1. The molecular formula is C9H17Cl2InO2. The summed E-state index contributed by atoms with van der Waals surface area (Å²) >= 11 is 0. The zero-order valence-corrected chi connectivity index (χ0v) is 13.4. The molecule has 0 N–H and O–H groups in total. The van der Waals surface area contributed by atoms with Gasteiger partial charge in [0, 0.05) is 5.97 Å². The molecule has 14 heavy (non-hydrogen) atoms. The van der Waals surface area contributed by atoms with E-state index in [9.17, 15) is 9.90 Å². The molecule has 5 heteroatoms. The molecule has 0 saturated heterocycles. The first kappa shape index (κ1) is 24.2. The maximum absolute atomic E-state index is 9.98. The fraction of sp³-hybridized carbons (Fsp3) is 0.889. The molecule has 0 atom stereocenters. The van der Waals surface area contributed by atoms with Crippen molar-refractivity contribution >= 4 is 31.8 Å². The molecule has 2 nitrogen and oxygen atoms in total. The van der Waals surface area contributed by atoms with Crippen LogP contribution in [-0.2, 0) is 4.79 Å². The summed E-state index contributed by atoms with van der Waals surface area (Å²) in [5, 5.41) is 9.98. The van der Waals surface area contributed by atoms with E-state index in [1.165, 1.54) is 25.7 Å². The van der Waals surface area contributed by atoms with Gasteiger partial charge in [0.25, 0.3) is 0 Å². The van der Waals surface area contributed by atoms with Crippen molar-refractivity contribution in [1.82, 2.24) is 0 Å². The Morgan fingerprint density at radius 2 is 1.43 bits per heavy atom. The van der Waals surface area contributed by atoms with Crippen LogP contribution in [0.2, 0.25) is 0 Å². The van der Waals surface area contributed by atoms with Gasteiger partial charge in [-0.1, -0.05) is 39.0 Å². The van der Waals surface area contributed by atoms with E-state index in [0.717, 1.165) is 12.8 Å². The first-order chi connectivity index (χ1) is 5.27. The molecule has 0 aromatic carbocycles. The molecule has 0 aliphatic rings. The van der Waals surface area contributed by atoms with Gasteiger partial charge in [0.1, 0.15) is 0 Å². The van der Waals surface area contributed by atoms with Crippen LogP contribution in [0.4, 0.5) is 0 Å². The molecule has 0 saturated carbocycles. The number of unbranched alkanes of at least 4 members (excludes halogenated alkanes) is 5. The van der Waals surface area contributed by atoms with E-state index in [1.54, 1.807) is 0 Å². The van der Waals surface area contributed by atoms with Gasteiger partial charge in [-0.2, -0.15) is 0 Å². The summed E-state index contributed by atoms with van der Waals surface area (Å²) in [6.45, 7) is 2.17. The summed E-state index contributed by atoms with van der Waals surface area (Å²) < 4.78 is 0. The standard InChI is InChI=1S/C9H18O2.2ClH.In/c1-2-3-4-5-6-7-8-9(10)11;;;/h2-8H2,1H3,(H,10,11);2*1H;/q;;;+3/p-3. The Morgan fingerprint density at radius 1 is 1.00 bits per heavy atom. The van der Waals surface area contributed by atoms with Gasteiger partial charge in [0.2, 0.25) is 0 Å². The number of carboxylic acids is 1. The van der Waals surface area contributed by atoms with Crippen molar-refractivity contribution < 1.29 is 34.7 Å². The Morgan fingerprint density at radius 3 is 1.86 bits per heavy atom. The summed E-state index contributed by atoms with van der Waals surface area (Å²) in [4.78, 5) is 9.98. The molecule has 0 fully saturated rings. The Bertz CT molecular complexity index is 113. The predicted molar refractivity (Wildman–Crippen MR) is 48.8 cm³/mol. The second-order valence-corrected chi connectivity index (χ2v) is 2.89. The van der Waals surface area contributed by atoms with E-state index in [-0.39, 0.29) is 57.1 Å². The van der Waals surface area contributed by atoms with Crippen molar-refractivity contribution in [2.24, 2.45) is 0 Å². The average Bonchev–Trinajstić information content (AvgIpc) is 1.96. The third-order valence-electron chi connectivity index (χ3n) is 1.73. The van der Waals surface area contributed by atoms with Crippen LogP contribution in [0.5, 0.6) is 0 Å². The molecule has 0 aliphatic carbocycles. The summed E-state index contributed by atoms with van der Waals surface area (Å²) in [6.07, 6.45) is 6.96. The van der Waals surface area contributed by atoms with Crippen molar-refractivity contribution in [1.29, 1.82) is 0 Å². The summed E-state index contributed by atoms with van der Waals surface area (Å²) in [5.41, 5.74) is 0. The molecule has 0 heterocycles. The second kappa shape index (κ2) is 19.5. The third kappa shape index (κ3) is 23.1. The maximum Gasteiger partial charge on any atom is 3.00 e. The third-order valence-corrected chi connectivity index (χ3v) is 1.73. The topological polar surface area (TPSA) is 40.1 Å². The van der Waals surface area contributed by atoms with E-state index in [2.05, 4.69) is 6.92 Å². The Balaban J connectivity index is -0.000000167. The normalized spacial score (nSPS) is 7.79. The number of aliphatic carboxylic acids is 1. The largest absolute Gasteiger partial charge is 3.00 e. The Hall–Kier alpha value is 0.920. The van der Waals surface area contributed by atoms with Crippen molar-refractivity contribution in [3.05, 3.63) is 0 Å². The molecule has 0 rings (SSSR count). The van der Waals surface area contributed by atoms with Gasteiger partial charge in [-0.3, -0.25) is 0 Å². The van der Waals surface area contributed by atoms with Crippen LogP contribution in [0.1, 0.15) is 51.9 Å². The zero-order valence-electron chi connectivity index (χ0n) is 8.60. The average molecular weight is 343 g/mol. The van der Waals surface area contributed by atoms with Gasteiger partial charge < -0.3 is 34.7 Å². The van der Waals surface area contributed by atoms with Crippen LogP contribution in [0.25, 0.3) is 0 Å². The van der Waals surface area contributed by atoms with Crippen LogP contribution in [0, 0.1) is 0 Å². The number of hydrogen-bond acceptors (Lipinski definition) is 2. The fourth-order valence-corrected chi connectivity index (χ4v) is 1.05. The molecular weight excluding hydrogens is 326 g/mol. The van der Waals surface area contributed by atoms with Gasteiger partial charge in [0.05, 0.1) is 0 Å². The minimum absolute atomic E-state index is 0. The van der Waals surface area contributed by atoms with Gasteiger partial charge in [-0.15, -0.1) is 0 Å². The predicted octanol–water partition coefficient (Wildman–Crippen LogP) is -4.89. The van der Waals surface area contributed by atoms with E-state index >= 15 is 0 Å². The Labute approximate surface area is 118 Å². The summed E-state index contributed by atoms with van der Waals surface area (Å²) in [7, 11) is 0. The maximum atomic E-state index is 9.98. The molecule has 0 bridgehead atoms. The van der Waals surface area contributed by atoms with Crippen LogP contribution in [-0.4, -0.2) is 31.8 Å². The minimum atomic E-state index is -0.916. The SMILES string of the molecule is CCCCCCCCC(=O)[O-].[Cl-].[Cl-].[In+3]. The quantitative estimate of drug-likeness (QED) is 0.435. The van der Waals surface area contributed by atoms with Gasteiger partial charge in [-0.25, -0.2) is 0 Å². The first-order valence-electron chi connectivity index (χ1n) is 4.47. The first-order valence-corrected chi connectivity index (χ1v) is 4.47. The van der Waals surface area contributed by atoms with Gasteiger partial charge >= 0.3 is 25.8 Å². The van der Waals surface area contributed by atoms with E-state index in [4.69, 9.17) is 0 Å². The molecule has 0 radical (unpaired) electrons. The van der Waals surface area contributed by atoms with Gasteiger partial charge in [-0.05, 0) is 12.8 Å². The molecule has 0 aromatic rings. The van der Waals surface area contributed by atoms with E-state index in [0.29, 0.717) is 0 Å². The molecule has 0 spiro atoms. The number of rotatable bonds is 7. The second-order valence-electron chi connectivity index (χ2n) is 2.89. The van der Waals surface area contributed by atoms with Crippen molar-refractivity contribution in [3.63, 3.8) is 0 Å². The van der Waals surface area contributed by atoms with Crippen LogP contribution in [0.3, 0.4) is 0 Å². The molecule has 82 valence electrons. The van der Waals surface area contributed by atoms with E-state index < -0.39 is 5.97 Å². The van der Waals surface area contributed by atoms with Crippen molar-refractivity contribution in [2.75, 3.05) is 0 Å². The molecule has 0 aromatic heterocycles. The van der Waals surface area contributed by atoms with Crippen LogP contribution in [0.15, 0.2) is 0 Å². The van der Waals surface area contributed by atoms with Crippen LogP contribution >= 0.6 is 0 Å². The van der Waals surface area contributed by atoms with Crippen LogP contribution < -0.4 is 29.9 Å². The molecule has 0 aliphatic heterocycles. The number of carbonyl (C=O) groups is 1. The molecule has 0 amide bonds. The monoisotopic (exact) mass is 342 g/mol. The Kier molecular flexibility index (Phi) is 33.7. The number of carboxylic acid groups (broad SMARTS) is 1. The van der Waals surface area contributed by atoms with Gasteiger partial charge in [0.15, 0.2) is 0 Å². The summed E-state index contributed by atoms with van der Waals surface area (Å²) in [6, 6.07) is 0. The minimum Gasteiger partial charge on any atom is -1.00 e.